The first-order chi connectivity index (χ1) is 13.6. The summed E-state index contributed by atoms with van der Waals surface area (Å²) in [5, 5.41) is 22.6. The lowest BCUT2D eigenvalue weighted by atomic mass is 10.0. The molecule has 0 spiro atoms. The third-order valence-electron chi connectivity index (χ3n) is 4.07. The molecular weight excluding hydrogens is 352 g/mol. The van der Waals surface area contributed by atoms with Crippen molar-refractivity contribution in [2.75, 3.05) is 5.32 Å². The second kappa shape index (κ2) is 8.47. The zero-order chi connectivity index (χ0) is 19.9. The van der Waals surface area contributed by atoms with Crippen LogP contribution < -0.4 is 10.4 Å². The Kier molecular flexibility index (Phi) is 5.63. The van der Waals surface area contributed by atoms with Crippen LogP contribution in [0.25, 0.3) is 17.2 Å². The van der Waals surface area contributed by atoms with E-state index in [9.17, 15) is 20.0 Å². The molecule has 0 saturated carbocycles. The van der Waals surface area contributed by atoms with Gasteiger partial charge in [-0.25, -0.2) is 0 Å². The molecule has 0 aromatic heterocycles. The number of carbonyl (C=O) groups is 2. The zero-order valence-electron chi connectivity index (χ0n) is 14.8. The summed E-state index contributed by atoms with van der Waals surface area (Å²) in [4.78, 5) is 23.1. The lowest BCUT2D eigenvalue weighted by Crippen LogP contribution is -2.22. The van der Waals surface area contributed by atoms with Crippen molar-refractivity contribution in [2.24, 2.45) is 0 Å². The van der Waals surface area contributed by atoms with Gasteiger partial charge in [0, 0.05) is 5.69 Å². The Morgan fingerprint density at radius 3 is 2.04 bits per heavy atom. The topological polar surface area (TPSA) is 93.0 Å². The number of aromatic carboxylic acids is 1. The van der Waals surface area contributed by atoms with Crippen molar-refractivity contribution in [3.8, 4) is 17.2 Å². The molecule has 3 aromatic carbocycles. The monoisotopic (exact) mass is 367 g/mol. The molecular formula is C23H15N2O3-. The summed E-state index contributed by atoms with van der Waals surface area (Å²) in [6, 6.07) is 24.8. The van der Waals surface area contributed by atoms with E-state index in [2.05, 4.69) is 5.32 Å². The second-order valence-electron chi connectivity index (χ2n) is 5.98. The van der Waals surface area contributed by atoms with E-state index in [4.69, 9.17) is 0 Å². The van der Waals surface area contributed by atoms with Gasteiger partial charge in [0.1, 0.15) is 11.6 Å². The summed E-state index contributed by atoms with van der Waals surface area (Å²) < 4.78 is 0. The van der Waals surface area contributed by atoms with E-state index in [0.29, 0.717) is 5.69 Å². The summed E-state index contributed by atoms with van der Waals surface area (Å²) in [6.45, 7) is 0. The standard InChI is InChI=1S/C23H16N2O3/c24-15-20(22(26)25-21-12-10-19(11-13-21)23(27)28)14-16-6-8-18(9-7-16)17-4-2-1-3-5-17/h1-14H,(H,25,26)(H,27,28)/p-1/b20-14+. The van der Waals surface area contributed by atoms with E-state index in [1.54, 1.807) is 0 Å². The van der Waals surface area contributed by atoms with Crippen molar-refractivity contribution in [3.63, 3.8) is 0 Å². The van der Waals surface area contributed by atoms with Gasteiger partial charge in [-0.2, -0.15) is 5.26 Å². The lowest BCUT2D eigenvalue weighted by Gasteiger charge is -2.07. The van der Waals surface area contributed by atoms with Crippen LogP contribution in [0.2, 0.25) is 0 Å². The number of nitriles is 1. The highest BCUT2D eigenvalue weighted by Gasteiger charge is 2.10. The first-order valence-corrected chi connectivity index (χ1v) is 8.47. The van der Waals surface area contributed by atoms with E-state index in [-0.39, 0.29) is 11.1 Å². The fourth-order valence-corrected chi connectivity index (χ4v) is 2.61. The number of carbonyl (C=O) groups excluding carboxylic acids is 2. The van der Waals surface area contributed by atoms with E-state index < -0.39 is 11.9 Å². The first kappa shape index (κ1) is 18.6. The third kappa shape index (κ3) is 4.51. The fourth-order valence-electron chi connectivity index (χ4n) is 2.61. The van der Waals surface area contributed by atoms with Crippen LogP contribution in [0.3, 0.4) is 0 Å². The third-order valence-corrected chi connectivity index (χ3v) is 4.07. The van der Waals surface area contributed by atoms with Gasteiger partial charge in [0.25, 0.3) is 5.91 Å². The molecule has 1 amide bonds. The number of rotatable bonds is 5. The van der Waals surface area contributed by atoms with Crippen LogP contribution in [0, 0.1) is 11.3 Å². The molecule has 28 heavy (non-hydrogen) atoms. The molecule has 0 atom stereocenters. The highest BCUT2D eigenvalue weighted by atomic mass is 16.4. The molecule has 1 N–H and O–H groups in total. The number of hydrogen-bond acceptors (Lipinski definition) is 4. The van der Waals surface area contributed by atoms with Crippen molar-refractivity contribution in [1.29, 1.82) is 5.26 Å². The Morgan fingerprint density at radius 2 is 1.46 bits per heavy atom. The fraction of sp³-hybridized carbons (Fsp3) is 0. The molecule has 0 saturated heterocycles. The molecule has 5 heteroatoms. The van der Waals surface area contributed by atoms with E-state index >= 15 is 0 Å². The maximum absolute atomic E-state index is 12.3. The summed E-state index contributed by atoms with van der Waals surface area (Å²) in [5.74, 6) is -1.87. The van der Waals surface area contributed by atoms with Gasteiger partial charge in [-0.3, -0.25) is 4.79 Å². The first-order valence-electron chi connectivity index (χ1n) is 8.47. The molecule has 0 bridgehead atoms. The van der Waals surface area contributed by atoms with Crippen LogP contribution in [0.15, 0.2) is 84.4 Å². The van der Waals surface area contributed by atoms with Crippen LogP contribution in [-0.4, -0.2) is 11.9 Å². The average molecular weight is 367 g/mol. The maximum Gasteiger partial charge on any atom is 0.266 e. The summed E-state index contributed by atoms with van der Waals surface area (Å²) in [5.41, 5.74) is 3.17. The molecule has 0 fully saturated rings. The lowest BCUT2D eigenvalue weighted by molar-refractivity contribution is -0.255. The quantitative estimate of drug-likeness (QED) is 0.553. The average Bonchev–Trinajstić information content (AvgIpc) is 2.73. The van der Waals surface area contributed by atoms with Crippen LogP contribution in [0.5, 0.6) is 0 Å². The molecule has 0 unspecified atom stereocenters. The predicted octanol–water partition coefficient (Wildman–Crippen LogP) is 3.26. The molecule has 0 aliphatic carbocycles. The normalized spacial score (nSPS) is 10.8. The van der Waals surface area contributed by atoms with Gasteiger partial charge in [0.05, 0.1) is 5.97 Å². The molecule has 0 aliphatic heterocycles. The summed E-state index contributed by atoms with van der Waals surface area (Å²) >= 11 is 0. The Labute approximate surface area is 162 Å². The zero-order valence-corrected chi connectivity index (χ0v) is 14.8. The second-order valence-corrected chi connectivity index (χ2v) is 5.98. The number of hydrogen-bond donors (Lipinski definition) is 1. The minimum Gasteiger partial charge on any atom is -0.545 e. The molecule has 3 rings (SSSR count). The van der Waals surface area contributed by atoms with Crippen molar-refractivity contribution < 1.29 is 14.7 Å². The Balaban J connectivity index is 1.75. The Morgan fingerprint density at radius 1 is 0.857 bits per heavy atom. The predicted molar refractivity (Wildman–Crippen MR) is 105 cm³/mol. The van der Waals surface area contributed by atoms with Crippen molar-refractivity contribution in [2.45, 2.75) is 0 Å². The van der Waals surface area contributed by atoms with Crippen molar-refractivity contribution in [3.05, 3.63) is 95.6 Å². The minimum absolute atomic E-state index is 0.00699. The molecule has 0 radical (unpaired) electrons. The molecule has 136 valence electrons. The number of carboxylic acids is 1. The van der Waals surface area contributed by atoms with Gasteiger partial charge in [0.15, 0.2) is 0 Å². The number of anilines is 1. The molecule has 0 heterocycles. The van der Waals surface area contributed by atoms with Crippen LogP contribution >= 0.6 is 0 Å². The number of amides is 1. The van der Waals surface area contributed by atoms with Gasteiger partial charge in [-0.05, 0) is 40.5 Å². The Hall–Kier alpha value is -4.17. The van der Waals surface area contributed by atoms with Crippen molar-refractivity contribution in [1.82, 2.24) is 0 Å². The van der Waals surface area contributed by atoms with Crippen LogP contribution in [0.4, 0.5) is 5.69 Å². The Bertz CT molecular complexity index is 1060. The SMILES string of the molecule is N#C/C(=C\c1ccc(-c2ccccc2)cc1)C(=O)Nc1ccc(C(=O)[O-])cc1. The minimum atomic E-state index is -1.30. The van der Waals surface area contributed by atoms with Gasteiger partial charge < -0.3 is 15.2 Å². The van der Waals surface area contributed by atoms with Crippen LogP contribution in [0.1, 0.15) is 15.9 Å². The van der Waals surface area contributed by atoms with Gasteiger partial charge in [-0.15, -0.1) is 0 Å². The highest BCUT2D eigenvalue weighted by Crippen LogP contribution is 2.20. The smallest absolute Gasteiger partial charge is 0.266 e. The van der Waals surface area contributed by atoms with Crippen LogP contribution in [-0.2, 0) is 4.79 Å². The van der Waals surface area contributed by atoms with E-state index in [1.165, 1.54) is 30.3 Å². The maximum atomic E-state index is 12.3. The van der Waals surface area contributed by atoms with Crippen molar-refractivity contribution >= 4 is 23.6 Å². The molecule has 5 nitrogen and oxygen atoms in total. The summed E-state index contributed by atoms with van der Waals surface area (Å²) in [6.07, 6.45) is 1.50. The number of nitrogens with one attached hydrogen (secondary N) is 1. The van der Waals surface area contributed by atoms with Gasteiger partial charge >= 0.3 is 0 Å². The largest absolute Gasteiger partial charge is 0.545 e. The number of carboxylic acid groups (broad SMARTS) is 1. The molecule has 3 aromatic rings. The van der Waals surface area contributed by atoms with E-state index in [1.807, 2.05) is 60.7 Å². The molecule has 0 aliphatic rings. The number of nitrogens with zero attached hydrogens (tertiary/aromatic N) is 1. The number of benzene rings is 3. The van der Waals surface area contributed by atoms with Gasteiger partial charge in [0.2, 0.25) is 0 Å². The highest BCUT2D eigenvalue weighted by molar-refractivity contribution is 6.09. The van der Waals surface area contributed by atoms with E-state index in [0.717, 1.165) is 16.7 Å². The summed E-state index contributed by atoms with van der Waals surface area (Å²) in [7, 11) is 0. The van der Waals surface area contributed by atoms with Gasteiger partial charge in [-0.1, -0.05) is 66.7 Å².